The largest absolute Gasteiger partial charge is 0.465 e. The van der Waals surface area contributed by atoms with Crippen molar-refractivity contribution >= 4 is 29.8 Å². The standard InChI is InChI=1S/C21H23FN6O5/c1-2-33-21(8-10-29)16(11-23)17(7-9-27(21)20(31)32)28-12-15(18(24)30)19(26-28)25-14-5-3-13(22)4-6-14/h3-6,10,12,16-17H,2,7-9H2,1H3,(H2,24,30)(H,25,26)(H,31,32)/t16-,17+,21?/m0/s1. The molecule has 1 aliphatic heterocycles. The van der Waals surface area contributed by atoms with Crippen molar-refractivity contribution in [1.29, 1.82) is 5.26 Å². The zero-order valence-electron chi connectivity index (χ0n) is 17.8. The Balaban J connectivity index is 2.04. The van der Waals surface area contributed by atoms with Crippen LogP contribution in [0.15, 0.2) is 30.5 Å². The van der Waals surface area contributed by atoms with Crippen LogP contribution in [0.3, 0.4) is 0 Å². The van der Waals surface area contributed by atoms with E-state index in [-0.39, 0.29) is 37.4 Å². The lowest BCUT2D eigenvalue weighted by atomic mass is 9.80. The summed E-state index contributed by atoms with van der Waals surface area (Å²) in [6.45, 7) is 1.67. The van der Waals surface area contributed by atoms with E-state index in [2.05, 4.69) is 16.5 Å². The first-order chi connectivity index (χ1) is 15.8. The number of amides is 2. The van der Waals surface area contributed by atoms with Gasteiger partial charge in [0.25, 0.3) is 5.91 Å². The Kier molecular flexibility index (Phi) is 6.93. The van der Waals surface area contributed by atoms with Gasteiger partial charge in [-0.25, -0.2) is 9.18 Å². The van der Waals surface area contributed by atoms with Gasteiger partial charge in [0.1, 0.15) is 23.6 Å². The molecule has 2 heterocycles. The predicted octanol–water partition coefficient (Wildman–Crippen LogP) is 2.25. The number of aldehydes is 1. The molecule has 0 saturated carbocycles. The third-order valence-corrected chi connectivity index (χ3v) is 5.56. The number of halogens is 1. The summed E-state index contributed by atoms with van der Waals surface area (Å²) >= 11 is 0. The number of nitrogens with one attached hydrogen (secondary N) is 1. The van der Waals surface area contributed by atoms with Crippen LogP contribution in [-0.4, -0.2) is 57.0 Å². The first kappa shape index (κ1) is 23.7. The van der Waals surface area contributed by atoms with Gasteiger partial charge in [0.05, 0.1) is 18.5 Å². The van der Waals surface area contributed by atoms with Crippen molar-refractivity contribution in [1.82, 2.24) is 14.7 Å². The molecule has 0 bridgehead atoms. The van der Waals surface area contributed by atoms with Crippen LogP contribution >= 0.6 is 0 Å². The highest BCUT2D eigenvalue weighted by Gasteiger charge is 2.55. The number of rotatable bonds is 8. The Morgan fingerprint density at radius 3 is 2.70 bits per heavy atom. The first-order valence-corrected chi connectivity index (χ1v) is 10.2. The van der Waals surface area contributed by atoms with E-state index in [4.69, 9.17) is 10.5 Å². The number of carboxylic acid groups (broad SMARTS) is 1. The van der Waals surface area contributed by atoms with E-state index in [0.717, 1.165) is 4.90 Å². The predicted molar refractivity (Wildman–Crippen MR) is 113 cm³/mol. The minimum absolute atomic E-state index is 0.0223. The zero-order chi connectivity index (χ0) is 24.2. The molecule has 11 nitrogen and oxygen atoms in total. The number of ether oxygens (including phenoxy) is 1. The number of hydrogen-bond donors (Lipinski definition) is 3. The Hall–Kier alpha value is -3.98. The van der Waals surface area contributed by atoms with Gasteiger partial charge in [0.2, 0.25) is 0 Å². The Labute approximate surface area is 188 Å². The minimum Gasteiger partial charge on any atom is -0.465 e. The van der Waals surface area contributed by atoms with Crippen molar-refractivity contribution in [3.05, 3.63) is 41.8 Å². The summed E-state index contributed by atoms with van der Waals surface area (Å²) in [4.78, 5) is 36.4. The number of carbonyl (C=O) groups is 3. The summed E-state index contributed by atoms with van der Waals surface area (Å²) in [5.41, 5.74) is 4.25. The van der Waals surface area contributed by atoms with Crippen molar-refractivity contribution in [2.45, 2.75) is 31.5 Å². The van der Waals surface area contributed by atoms with Gasteiger partial charge in [0, 0.05) is 25.0 Å². The van der Waals surface area contributed by atoms with Gasteiger partial charge in [-0.3, -0.25) is 14.4 Å². The first-order valence-electron chi connectivity index (χ1n) is 10.2. The molecule has 1 aromatic carbocycles. The number of primary amides is 1. The van der Waals surface area contributed by atoms with Gasteiger partial charge in [0.15, 0.2) is 11.5 Å². The lowest BCUT2D eigenvalue weighted by Gasteiger charge is -2.49. The van der Waals surface area contributed by atoms with Crippen LogP contribution in [0.25, 0.3) is 0 Å². The number of carbonyl (C=O) groups excluding carboxylic acids is 2. The molecule has 2 aromatic rings. The topological polar surface area (TPSA) is 164 Å². The molecule has 2 amide bonds. The third-order valence-electron chi connectivity index (χ3n) is 5.56. The summed E-state index contributed by atoms with van der Waals surface area (Å²) in [6, 6.07) is 6.72. The van der Waals surface area contributed by atoms with Crippen LogP contribution in [0.2, 0.25) is 0 Å². The Morgan fingerprint density at radius 2 is 2.15 bits per heavy atom. The summed E-state index contributed by atoms with van der Waals surface area (Å²) in [5.74, 6) is -2.26. The van der Waals surface area contributed by atoms with Crippen molar-refractivity contribution < 1.29 is 28.6 Å². The van der Waals surface area contributed by atoms with Crippen LogP contribution in [0.5, 0.6) is 0 Å². The van der Waals surface area contributed by atoms with Crippen molar-refractivity contribution in [3.63, 3.8) is 0 Å². The van der Waals surface area contributed by atoms with Gasteiger partial charge in [-0.1, -0.05) is 0 Å². The van der Waals surface area contributed by atoms with E-state index in [0.29, 0.717) is 12.0 Å². The average molecular weight is 458 g/mol. The monoisotopic (exact) mass is 458 g/mol. The second-order valence-corrected chi connectivity index (χ2v) is 7.41. The molecule has 1 aromatic heterocycles. The molecule has 0 spiro atoms. The third kappa shape index (κ3) is 4.49. The number of nitrogens with two attached hydrogens (primary N) is 1. The molecule has 33 heavy (non-hydrogen) atoms. The van der Waals surface area contributed by atoms with E-state index in [1.807, 2.05) is 0 Å². The van der Waals surface area contributed by atoms with E-state index in [1.54, 1.807) is 6.92 Å². The van der Waals surface area contributed by atoms with Gasteiger partial charge >= 0.3 is 6.09 Å². The number of likely N-dealkylation sites (tertiary alicyclic amines) is 1. The maximum Gasteiger partial charge on any atom is 0.409 e. The van der Waals surface area contributed by atoms with Gasteiger partial charge in [-0.2, -0.15) is 10.4 Å². The fourth-order valence-corrected chi connectivity index (χ4v) is 4.15. The van der Waals surface area contributed by atoms with Crippen LogP contribution in [0.4, 0.5) is 20.7 Å². The number of nitriles is 1. The molecular weight excluding hydrogens is 435 g/mol. The number of benzene rings is 1. The average Bonchev–Trinajstić information content (AvgIpc) is 3.19. The molecule has 4 N–H and O–H groups in total. The van der Waals surface area contributed by atoms with E-state index >= 15 is 0 Å². The maximum atomic E-state index is 13.2. The summed E-state index contributed by atoms with van der Waals surface area (Å²) in [5, 5.41) is 27.0. The van der Waals surface area contributed by atoms with Crippen molar-refractivity contribution in [2.75, 3.05) is 18.5 Å². The summed E-state index contributed by atoms with van der Waals surface area (Å²) in [7, 11) is 0. The molecule has 12 heteroatoms. The van der Waals surface area contributed by atoms with E-state index < -0.39 is 35.5 Å². The molecule has 1 aliphatic rings. The molecule has 174 valence electrons. The lowest BCUT2D eigenvalue weighted by Crippen LogP contribution is -2.63. The molecule has 0 aliphatic carbocycles. The molecule has 1 fully saturated rings. The highest BCUT2D eigenvalue weighted by atomic mass is 19.1. The number of piperidine rings is 1. The highest BCUT2D eigenvalue weighted by Crippen LogP contribution is 2.43. The van der Waals surface area contributed by atoms with Crippen LogP contribution in [0, 0.1) is 23.1 Å². The number of nitrogens with zero attached hydrogens (tertiary/aromatic N) is 4. The highest BCUT2D eigenvalue weighted by molar-refractivity contribution is 5.98. The van der Waals surface area contributed by atoms with Crippen molar-refractivity contribution in [3.8, 4) is 6.07 Å². The number of aromatic nitrogens is 2. The molecular formula is C21H23FN6O5. The van der Waals surface area contributed by atoms with Gasteiger partial charge in [-0.15, -0.1) is 0 Å². The maximum absolute atomic E-state index is 13.2. The van der Waals surface area contributed by atoms with Gasteiger partial charge in [-0.05, 0) is 37.6 Å². The van der Waals surface area contributed by atoms with Crippen LogP contribution < -0.4 is 11.1 Å². The fraction of sp³-hybridized carbons (Fsp3) is 0.381. The van der Waals surface area contributed by atoms with Crippen LogP contribution in [0.1, 0.15) is 36.2 Å². The fourth-order valence-electron chi connectivity index (χ4n) is 4.15. The second-order valence-electron chi connectivity index (χ2n) is 7.41. The molecule has 0 radical (unpaired) electrons. The Morgan fingerprint density at radius 1 is 1.45 bits per heavy atom. The van der Waals surface area contributed by atoms with Crippen molar-refractivity contribution in [2.24, 2.45) is 11.7 Å². The Bertz CT molecular complexity index is 1080. The SMILES string of the molecule is CCOC1(CC=O)[C@@H](C#N)[C@H](n2cc(C(N)=O)c(Nc3ccc(F)cc3)n2)CCN1C(=O)O. The molecule has 1 saturated heterocycles. The summed E-state index contributed by atoms with van der Waals surface area (Å²) in [6.07, 6.45) is 0.372. The quantitative estimate of drug-likeness (QED) is 0.507. The number of anilines is 2. The van der Waals surface area contributed by atoms with Gasteiger partial charge < -0.3 is 25.7 Å². The smallest absolute Gasteiger partial charge is 0.409 e. The van der Waals surface area contributed by atoms with E-state index in [1.165, 1.54) is 35.1 Å². The van der Waals surface area contributed by atoms with Crippen LogP contribution in [-0.2, 0) is 9.53 Å². The zero-order valence-corrected chi connectivity index (χ0v) is 17.8. The molecule has 3 rings (SSSR count). The minimum atomic E-state index is -1.72. The molecule has 1 unspecified atom stereocenters. The number of hydrogen-bond acceptors (Lipinski definition) is 7. The lowest BCUT2D eigenvalue weighted by molar-refractivity contribution is -0.191. The van der Waals surface area contributed by atoms with E-state index in [9.17, 15) is 29.1 Å². The summed E-state index contributed by atoms with van der Waals surface area (Å²) < 4.78 is 20.3. The molecule has 3 atom stereocenters. The second kappa shape index (κ2) is 9.66. The normalized spacial score (nSPS) is 22.4.